The smallest absolute Gasteiger partial charge is 0.268 e. The summed E-state index contributed by atoms with van der Waals surface area (Å²) in [6, 6.07) is 13.8. The van der Waals surface area contributed by atoms with Crippen LogP contribution in [0.2, 0.25) is 0 Å². The van der Waals surface area contributed by atoms with Crippen LogP contribution >= 0.6 is 0 Å². The average Bonchev–Trinajstić information content (AvgIpc) is 3.35. The molecule has 1 atom stereocenters. The molecule has 0 bridgehead atoms. The van der Waals surface area contributed by atoms with Gasteiger partial charge in [-0.1, -0.05) is 24.3 Å². The maximum Gasteiger partial charge on any atom is 0.268 e. The molecule has 5 rings (SSSR count). The molecular weight excluding hydrogens is 412 g/mol. The van der Waals surface area contributed by atoms with E-state index in [9.17, 15) is 13.2 Å². The molecule has 7 nitrogen and oxygen atoms in total. The Balaban J connectivity index is 1.82. The lowest BCUT2D eigenvalue weighted by molar-refractivity contribution is 0.101. The van der Waals surface area contributed by atoms with E-state index in [1.165, 1.54) is 23.3 Å². The van der Waals surface area contributed by atoms with Gasteiger partial charge in [-0.3, -0.25) is 9.78 Å². The standard InChI is InChI=1S/C23H20N4O3S/c1-14(28)20-12-26-21(13-25-20)23-11-18-16-7-9-19(24)17(16)8-10-22(18)27(23)31(29,30)15-5-3-2-4-6-15/h2-6,8,10-13,19H,7,9,24H2,1H3/t19-/m1/s1. The van der Waals surface area contributed by atoms with E-state index in [-0.39, 0.29) is 22.4 Å². The molecular formula is C23H20N4O3S. The first-order valence-electron chi connectivity index (χ1n) is 9.94. The van der Waals surface area contributed by atoms with E-state index < -0.39 is 10.0 Å². The molecule has 31 heavy (non-hydrogen) atoms. The topological polar surface area (TPSA) is 108 Å². The van der Waals surface area contributed by atoms with Crippen LogP contribution in [0, 0.1) is 0 Å². The van der Waals surface area contributed by atoms with Crippen LogP contribution < -0.4 is 5.73 Å². The van der Waals surface area contributed by atoms with Gasteiger partial charge in [-0.05, 0) is 48.2 Å². The summed E-state index contributed by atoms with van der Waals surface area (Å²) in [5.74, 6) is -0.205. The summed E-state index contributed by atoms with van der Waals surface area (Å²) >= 11 is 0. The van der Waals surface area contributed by atoms with E-state index in [1.54, 1.807) is 36.4 Å². The first-order chi connectivity index (χ1) is 14.9. The van der Waals surface area contributed by atoms with Gasteiger partial charge in [0.2, 0.25) is 0 Å². The molecule has 2 aromatic heterocycles. The lowest BCUT2D eigenvalue weighted by atomic mass is 10.0. The fourth-order valence-corrected chi connectivity index (χ4v) is 5.73. The Labute approximate surface area is 179 Å². The van der Waals surface area contributed by atoms with Crippen LogP contribution in [0.1, 0.15) is 41.0 Å². The third-order valence-electron chi connectivity index (χ3n) is 5.75. The van der Waals surface area contributed by atoms with Gasteiger partial charge in [0.05, 0.1) is 28.5 Å². The molecule has 1 aliphatic carbocycles. The minimum atomic E-state index is -3.91. The van der Waals surface area contributed by atoms with Crippen molar-refractivity contribution in [2.45, 2.75) is 30.7 Å². The Morgan fingerprint density at radius 1 is 1.10 bits per heavy atom. The van der Waals surface area contributed by atoms with Crippen molar-refractivity contribution in [3.63, 3.8) is 0 Å². The highest BCUT2D eigenvalue weighted by molar-refractivity contribution is 7.90. The summed E-state index contributed by atoms with van der Waals surface area (Å²) in [7, 11) is -3.91. The molecule has 156 valence electrons. The van der Waals surface area contributed by atoms with Crippen molar-refractivity contribution in [1.29, 1.82) is 0 Å². The maximum atomic E-state index is 13.7. The molecule has 1 aliphatic rings. The van der Waals surface area contributed by atoms with Crippen molar-refractivity contribution in [2.24, 2.45) is 5.73 Å². The number of aromatic nitrogens is 3. The zero-order chi connectivity index (χ0) is 21.8. The summed E-state index contributed by atoms with van der Waals surface area (Å²) in [6.45, 7) is 1.41. The first-order valence-corrected chi connectivity index (χ1v) is 11.4. The van der Waals surface area contributed by atoms with Gasteiger partial charge in [0.1, 0.15) is 11.4 Å². The van der Waals surface area contributed by atoms with Gasteiger partial charge in [-0.25, -0.2) is 17.4 Å². The second-order valence-corrected chi connectivity index (χ2v) is 9.45. The van der Waals surface area contributed by atoms with E-state index in [0.717, 1.165) is 29.4 Å². The predicted molar refractivity (Wildman–Crippen MR) is 117 cm³/mol. The van der Waals surface area contributed by atoms with E-state index in [1.807, 2.05) is 12.1 Å². The van der Waals surface area contributed by atoms with Crippen molar-refractivity contribution in [3.8, 4) is 11.4 Å². The monoisotopic (exact) mass is 432 g/mol. The number of carbonyl (C=O) groups is 1. The first kappa shape index (κ1) is 19.6. The molecule has 0 saturated carbocycles. The van der Waals surface area contributed by atoms with E-state index in [0.29, 0.717) is 16.9 Å². The maximum absolute atomic E-state index is 13.7. The van der Waals surface area contributed by atoms with Crippen molar-refractivity contribution in [3.05, 3.63) is 77.7 Å². The van der Waals surface area contributed by atoms with Crippen LogP contribution in [-0.2, 0) is 16.4 Å². The molecule has 2 heterocycles. The Kier molecular flexibility index (Phi) is 4.49. The normalized spacial score (nSPS) is 15.9. The fraction of sp³-hybridized carbons (Fsp3) is 0.174. The van der Waals surface area contributed by atoms with Gasteiger partial charge in [0.25, 0.3) is 10.0 Å². The number of benzene rings is 2. The number of rotatable bonds is 4. The van der Waals surface area contributed by atoms with Crippen molar-refractivity contribution in [1.82, 2.24) is 13.9 Å². The van der Waals surface area contributed by atoms with Crippen LogP contribution in [-0.4, -0.2) is 28.1 Å². The van der Waals surface area contributed by atoms with Crippen LogP contribution in [0.25, 0.3) is 22.3 Å². The second-order valence-electron chi connectivity index (χ2n) is 7.67. The van der Waals surface area contributed by atoms with Crippen molar-refractivity contribution in [2.75, 3.05) is 0 Å². The molecule has 0 fully saturated rings. The molecule has 8 heteroatoms. The van der Waals surface area contributed by atoms with Gasteiger partial charge in [-0.15, -0.1) is 0 Å². The summed E-state index contributed by atoms with van der Waals surface area (Å²) in [4.78, 5) is 20.3. The quantitative estimate of drug-likeness (QED) is 0.495. The minimum Gasteiger partial charge on any atom is -0.324 e. The third kappa shape index (κ3) is 3.07. The summed E-state index contributed by atoms with van der Waals surface area (Å²) in [6.07, 6.45) is 4.42. The lowest BCUT2D eigenvalue weighted by Crippen LogP contribution is -2.14. The molecule has 4 aromatic rings. The lowest BCUT2D eigenvalue weighted by Gasteiger charge is -2.12. The zero-order valence-corrected chi connectivity index (χ0v) is 17.6. The van der Waals surface area contributed by atoms with Gasteiger partial charge in [-0.2, -0.15) is 0 Å². The van der Waals surface area contributed by atoms with E-state index in [4.69, 9.17) is 5.73 Å². The Bertz CT molecular complexity index is 1430. The van der Waals surface area contributed by atoms with Gasteiger partial charge in [0, 0.05) is 18.4 Å². The number of nitrogens with zero attached hydrogens (tertiary/aromatic N) is 3. The SMILES string of the molecule is CC(=O)c1cnc(-c2cc3c4c(ccc3n2S(=O)(=O)c2ccccc2)[C@H](N)CC4)cn1. The average molecular weight is 433 g/mol. The van der Waals surface area contributed by atoms with Gasteiger partial charge in [0.15, 0.2) is 5.78 Å². The number of hydrogen-bond donors (Lipinski definition) is 1. The van der Waals surface area contributed by atoms with E-state index in [2.05, 4.69) is 9.97 Å². The Morgan fingerprint density at radius 3 is 2.55 bits per heavy atom. The highest BCUT2D eigenvalue weighted by Crippen LogP contribution is 2.39. The number of ketones is 1. The summed E-state index contributed by atoms with van der Waals surface area (Å²) in [5, 5.41) is 0.845. The van der Waals surface area contributed by atoms with Crippen LogP contribution in [0.15, 0.2) is 65.8 Å². The van der Waals surface area contributed by atoms with Gasteiger partial charge < -0.3 is 5.73 Å². The molecule has 0 unspecified atom stereocenters. The molecule has 0 amide bonds. The Morgan fingerprint density at radius 2 is 1.87 bits per heavy atom. The number of Topliss-reactive ketones (excluding diaryl/α,β-unsaturated/α-hetero) is 1. The second kappa shape index (κ2) is 7.11. The molecule has 0 radical (unpaired) electrons. The van der Waals surface area contributed by atoms with Crippen LogP contribution in [0.3, 0.4) is 0 Å². The summed E-state index contributed by atoms with van der Waals surface area (Å²) in [5.41, 5.74) is 9.92. The molecule has 2 aromatic carbocycles. The Hall–Kier alpha value is -3.36. The molecule has 0 saturated heterocycles. The number of carbonyl (C=O) groups excluding carboxylic acids is 1. The highest BCUT2D eigenvalue weighted by atomic mass is 32.2. The summed E-state index contributed by atoms with van der Waals surface area (Å²) < 4.78 is 28.7. The molecule has 0 aliphatic heterocycles. The van der Waals surface area contributed by atoms with Crippen molar-refractivity contribution >= 4 is 26.7 Å². The molecule has 2 N–H and O–H groups in total. The minimum absolute atomic E-state index is 0.0495. The van der Waals surface area contributed by atoms with E-state index >= 15 is 0 Å². The zero-order valence-electron chi connectivity index (χ0n) is 16.8. The van der Waals surface area contributed by atoms with Gasteiger partial charge >= 0.3 is 0 Å². The van der Waals surface area contributed by atoms with Crippen LogP contribution in [0.5, 0.6) is 0 Å². The highest BCUT2D eigenvalue weighted by Gasteiger charge is 2.28. The fourth-order valence-electron chi connectivity index (χ4n) is 4.19. The molecule has 0 spiro atoms. The number of nitrogens with two attached hydrogens (primary N) is 1. The number of hydrogen-bond acceptors (Lipinski definition) is 6. The predicted octanol–water partition coefficient (Wildman–Crippen LogP) is 3.48. The number of aryl methyl sites for hydroxylation is 1. The van der Waals surface area contributed by atoms with Crippen molar-refractivity contribution < 1.29 is 13.2 Å². The number of fused-ring (bicyclic) bond motifs is 3. The third-order valence-corrected chi connectivity index (χ3v) is 7.49. The van der Waals surface area contributed by atoms with Crippen LogP contribution in [0.4, 0.5) is 0 Å². The largest absolute Gasteiger partial charge is 0.324 e.